The summed E-state index contributed by atoms with van der Waals surface area (Å²) in [6, 6.07) is 8.29. The normalized spacial score (nSPS) is 12.0. The van der Waals surface area contributed by atoms with Gasteiger partial charge >= 0.3 is 18.2 Å². The van der Waals surface area contributed by atoms with E-state index in [9.17, 15) is 24.0 Å². The summed E-state index contributed by atoms with van der Waals surface area (Å²) in [4.78, 5) is 61.9. The Hall–Kier alpha value is -4.16. The Morgan fingerprint density at radius 1 is 0.905 bits per heavy atom. The third-order valence-corrected chi connectivity index (χ3v) is 5.34. The van der Waals surface area contributed by atoms with E-state index >= 15 is 0 Å². The summed E-state index contributed by atoms with van der Waals surface area (Å²) >= 11 is 0. The van der Waals surface area contributed by atoms with Crippen LogP contribution in [0.1, 0.15) is 79.2 Å². The fourth-order valence-electron chi connectivity index (χ4n) is 3.53. The second kappa shape index (κ2) is 16.9. The molecule has 0 fully saturated rings. The van der Waals surface area contributed by atoms with Crippen molar-refractivity contribution in [3.05, 3.63) is 35.9 Å². The molecule has 0 unspecified atom stereocenters. The first kappa shape index (κ1) is 35.9. The number of carboxylic acids is 1. The minimum absolute atomic E-state index is 0.0192. The van der Waals surface area contributed by atoms with Gasteiger partial charge in [-0.3, -0.25) is 25.1 Å². The molecule has 4 amide bonds. The number of amides is 4. The topological polar surface area (TPSA) is 187 Å². The number of carbonyl (C=O) groups excluding carboxylic acids is 4. The van der Waals surface area contributed by atoms with Gasteiger partial charge in [0.25, 0.3) is 0 Å². The van der Waals surface area contributed by atoms with Crippen LogP contribution in [0, 0.1) is 5.41 Å². The van der Waals surface area contributed by atoms with Crippen LogP contribution in [0.2, 0.25) is 0 Å². The fraction of sp³-hybridized carbons (Fsp3) is 0.586. The first-order valence-electron chi connectivity index (χ1n) is 13.9. The van der Waals surface area contributed by atoms with Crippen LogP contribution in [0.5, 0.6) is 0 Å². The molecule has 5 N–H and O–H groups in total. The lowest BCUT2D eigenvalue weighted by Crippen LogP contribution is -2.50. The molecule has 0 aliphatic rings. The molecular formula is C29H45N5O8. The second-order valence-electron chi connectivity index (χ2n) is 11.7. The lowest BCUT2D eigenvalue weighted by atomic mass is 10.0. The Balaban J connectivity index is 2.75. The van der Waals surface area contributed by atoms with Crippen LogP contribution >= 0.6 is 0 Å². The maximum Gasteiger partial charge on any atom is 0.417 e. The number of hydrogen-bond acceptors (Lipinski definition) is 8. The van der Waals surface area contributed by atoms with Crippen LogP contribution in [-0.2, 0) is 30.3 Å². The van der Waals surface area contributed by atoms with Crippen molar-refractivity contribution in [2.45, 2.75) is 97.3 Å². The minimum Gasteiger partial charge on any atom is -0.481 e. The van der Waals surface area contributed by atoms with E-state index in [0.29, 0.717) is 12.8 Å². The first-order valence-corrected chi connectivity index (χ1v) is 13.9. The van der Waals surface area contributed by atoms with E-state index in [2.05, 4.69) is 16.0 Å². The Morgan fingerprint density at radius 2 is 1.52 bits per heavy atom. The molecule has 0 aromatic heterocycles. The highest BCUT2D eigenvalue weighted by Gasteiger charge is 2.27. The molecule has 0 bridgehead atoms. The summed E-state index contributed by atoms with van der Waals surface area (Å²) < 4.78 is 10.5. The number of carboxylic acid groups (broad SMARTS) is 1. The van der Waals surface area contributed by atoms with E-state index < -0.39 is 53.2 Å². The number of guanidine groups is 1. The van der Waals surface area contributed by atoms with Crippen molar-refractivity contribution < 1.29 is 38.6 Å². The molecule has 0 aliphatic carbocycles. The molecule has 0 radical (unpaired) electrons. The maximum absolute atomic E-state index is 13.0. The van der Waals surface area contributed by atoms with Gasteiger partial charge in [0.2, 0.25) is 17.8 Å². The Labute approximate surface area is 247 Å². The monoisotopic (exact) mass is 591 g/mol. The number of unbranched alkanes of at least 4 members (excludes halogenated alkanes) is 1. The van der Waals surface area contributed by atoms with Crippen molar-refractivity contribution >= 4 is 35.9 Å². The zero-order chi connectivity index (χ0) is 31.9. The summed E-state index contributed by atoms with van der Waals surface area (Å²) in [6.07, 6.45) is -0.700. The van der Waals surface area contributed by atoms with Gasteiger partial charge in [0, 0.05) is 32.4 Å². The largest absolute Gasteiger partial charge is 0.481 e. The summed E-state index contributed by atoms with van der Waals surface area (Å²) in [5.74, 6) is -2.33. The van der Waals surface area contributed by atoms with E-state index in [-0.39, 0.29) is 38.8 Å². The molecule has 42 heavy (non-hydrogen) atoms. The van der Waals surface area contributed by atoms with Gasteiger partial charge in [-0.15, -0.1) is 0 Å². The van der Waals surface area contributed by atoms with Crippen molar-refractivity contribution in [1.29, 1.82) is 5.41 Å². The Kier molecular flexibility index (Phi) is 14.5. The fourth-order valence-corrected chi connectivity index (χ4v) is 3.53. The lowest BCUT2D eigenvalue weighted by Gasteiger charge is -2.28. The van der Waals surface area contributed by atoms with Crippen molar-refractivity contribution in [1.82, 2.24) is 20.9 Å². The van der Waals surface area contributed by atoms with Gasteiger partial charge < -0.3 is 25.2 Å². The van der Waals surface area contributed by atoms with Crippen molar-refractivity contribution in [3.63, 3.8) is 0 Å². The van der Waals surface area contributed by atoms with Crippen molar-refractivity contribution in [3.8, 4) is 0 Å². The molecule has 0 saturated heterocycles. The molecular weight excluding hydrogens is 546 g/mol. The average Bonchev–Trinajstić information content (AvgIpc) is 2.83. The molecule has 1 atom stereocenters. The predicted octanol–water partition coefficient (Wildman–Crippen LogP) is 3.56. The maximum atomic E-state index is 13.0. The van der Waals surface area contributed by atoms with Gasteiger partial charge in [0.15, 0.2) is 0 Å². The van der Waals surface area contributed by atoms with Gasteiger partial charge in [0.1, 0.15) is 17.2 Å². The summed E-state index contributed by atoms with van der Waals surface area (Å²) in [6.45, 7) is 10.3. The Morgan fingerprint density at radius 3 is 2.10 bits per heavy atom. The highest BCUT2D eigenvalue weighted by atomic mass is 16.6. The van der Waals surface area contributed by atoms with Gasteiger partial charge in [-0.05, 0) is 66.4 Å². The van der Waals surface area contributed by atoms with Gasteiger partial charge in [-0.2, -0.15) is 0 Å². The number of aliphatic carboxylic acids is 1. The molecule has 0 aliphatic heterocycles. The van der Waals surface area contributed by atoms with Crippen LogP contribution in [-0.4, -0.2) is 76.3 Å². The first-order chi connectivity index (χ1) is 19.5. The number of rotatable bonds is 13. The molecule has 13 nitrogen and oxygen atoms in total. The van der Waals surface area contributed by atoms with Gasteiger partial charge in [-0.1, -0.05) is 30.3 Å². The standard InChI is InChI=1S/C29H45N5O8/c1-28(2,3)41-26(39)33-25(30)34(27(40)42-29(4,5)6)18-11-10-17-31-24(38)21(19-20-13-8-7-9-14-20)32-22(35)15-12-16-23(36)37/h7-9,13-14,21H,10-12,15-19H2,1-6H3,(H,31,38)(H,32,35)(H,36,37)(H2,30,33,39)/t21-/m0/s1. The molecule has 13 heteroatoms. The average molecular weight is 592 g/mol. The van der Waals surface area contributed by atoms with Crippen LogP contribution in [0.15, 0.2) is 30.3 Å². The second-order valence-corrected chi connectivity index (χ2v) is 11.7. The van der Waals surface area contributed by atoms with E-state index in [1.165, 1.54) is 0 Å². The van der Waals surface area contributed by atoms with Crippen LogP contribution in [0.3, 0.4) is 0 Å². The number of nitrogens with one attached hydrogen (secondary N) is 4. The van der Waals surface area contributed by atoms with Crippen molar-refractivity contribution in [2.24, 2.45) is 0 Å². The third kappa shape index (κ3) is 16.2. The molecule has 1 rings (SSSR count). The molecule has 0 heterocycles. The van der Waals surface area contributed by atoms with Crippen LogP contribution in [0.25, 0.3) is 0 Å². The number of hydrogen-bond donors (Lipinski definition) is 5. The van der Waals surface area contributed by atoms with Crippen molar-refractivity contribution in [2.75, 3.05) is 13.1 Å². The van der Waals surface area contributed by atoms with Gasteiger partial charge in [-0.25, -0.2) is 14.5 Å². The zero-order valence-corrected chi connectivity index (χ0v) is 25.4. The molecule has 1 aromatic rings. The van der Waals surface area contributed by atoms with Crippen LogP contribution in [0.4, 0.5) is 9.59 Å². The Bertz CT molecular complexity index is 1080. The van der Waals surface area contributed by atoms with E-state index in [0.717, 1.165) is 10.5 Å². The van der Waals surface area contributed by atoms with Crippen LogP contribution < -0.4 is 16.0 Å². The summed E-state index contributed by atoms with van der Waals surface area (Å²) in [5.41, 5.74) is -0.788. The highest BCUT2D eigenvalue weighted by Crippen LogP contribution is 2.12. The van der Waals surface area contributed by atoms with E-state index in [4.69, 9.17) is 20.0 Å². The number of alkyl carbamates (subject to hydrolysis) is 1. The quantitative estimate of drug-likeness (QED) is 0.131. The molecule has 234 valence electrons. The predicted molar refractivity (Wildman–Crippen MR) is 156 cm³/mol. The van der Waals surface area contributed by atoms with Gasteiger partial charge in [0.05, 0.1) is 0 Å². The minimum atomic E-state index is -0.998. The molecule has 0 saturated carbocycles. The molecule has 0 spiro atoms. The number of benzene rings is 1. The summed E-state index contributed by atoms with van der Waals surface area (Å²) in [5, 5.41) is 24.8. The smallest absolute Gasteiger partial charge is 0.417 e. The zero-order valence-electron chi connectivity index (χ0n) is 25.4. The molecule has 1 aromatic carbocycles. The summed E-state index contributed by atoms with van der Waals surface area (Å²) in [7, 11) is 0. The number of ether oxygens (including phenoxy) is 2. The van der Waals surface area contributed by atoms with E-state index in [1.807, 2.05) is 30.3 Å². The SMILES string of the molecule is CC(C)(C)OC(=O)NC(=N)N(CCCCNC(=O)[C@H](Cc1ccccc1)NC(=O)CCCC(=O)O)C(=O)OC(C)(C)C. The van der Waals surface area contributed by atoms with E-state index in [1.54, 1.807) is 41.5 Å². The highest BCUT2D eigenvalue weighted by molar-refractivity contribution is 5.99. The number of nitrogens with zero attached hydrogens (tertiary/aromatic N) is 1. The third-order valence-electron chi connectivity index (χ3n) is 5.34. The lowest BCUT2D eigenvalue weighted by molar-refractivity contribution is -0.137. The number of carbonyl (C=O) groups is 5.